The molecule has 10 heteroatoms. The normalized spacial score (nSPS) is 23.3. The number of halogens is 2. The van der Waals surface area contributed by atoms with Gasteiger partial charge in [-0.15, -0.1) is 0 Å². The van der Waals surface area contributed by atoms with Crippen molar-refractivity contribution in [3.05, 3.63) is 88.0 Å². The van der Waals surface area contributed by atoms with Crippen LogP contribution in [0.2, 0.25) is 5.02 Å². The highest BCUT2D eigenvalue weighted by Gasteiger charge is 2.67. The molecule has 0 unspecified atom stereocenters. The quantitative estimate of drug-likeness (QED) is 0.352. The highest BCUT2D eigenvalue weighted by atomic mass is 35.5. The fourth-order valence-corrected chi connectivity index (χ4v) is 6.32. The maximum Gasteiger partial charge on any atom is 0.337 e. The number of nitrogens with zero attached hydrogens (tertiary/aromatic N) is 1. The van der Waals surface area contributed by atoms with E-state index in [1.165, 1.54) is 25.3 Å². The van der Waals surface area contributed by atoms with Gasteiger partial charge < -0.3 is 20.7 Å². The third kappa shape index (κ3) is 4.97. The maximum atomic E-state index is 15.9. The van der Waals surface area contributed by atoms with Gasteiger partial charge in [0.15, 0.2) is 0 Å². The van der Waals surface area contributed by atoms with Gasteiger partial charge in [0.2, 0.25) is 11.8 Å². The van der Waals surface area contributed by atoms with Gasteiger partial charge in [-0.25, -0.2) is 9.18 Å². The summed E-state index contributed by atoms with van der Waals surface area (Å²) in [5, 5.41) is 9.18. The number of aryl methyl sites for hydroxylation is 1. The molecule has 5 rings (SSSR count). The molecule has 2 aromatic carbocycles. The monoisotopic (exact) mass is 578 g/mol. The lowest BCUT2D eigenvalue weighted by atomic mass is 9.64. The Morgan fingerprint density at radius 3 is 2.54 bits per heavy atom. The van der Waals surface area contributed by atoms with E-state index >= 15 is 4.39 Å². The molecular formula is C31H32ClFN4O4. The molecule has 1 saturated heterocycles. The molecule has 3 N–H and O–H groups in total. The van der Waals surface area contributed by atoms with Crippen LogP contribution in [0.1, 0.15) is 60.3 Å². The molecular weight excluding hydrogens is 547 g/mol. The average molecular weight is 579 g/mol. The van der Waals surface area contributed by atoms with Crippen molar-refractivity contribution in [2.75, 3.05) is 17.7 Å². The summed E-state index contributed by atoms with van der Waals surface area (Å²) in [6.07, 6.45) is 2.17. The smallest absolute Gasteiger partial charge is 0.337 e. The van der Waals surface area contributed by atoms with Crippen molar-refractivity contribution in [2.45, 2.75) is 57.5 Å². The van der Waals surface area contributed by atoms with Crippen LogP contribution in [0.5, 0.6) is 0 Å². The molecule has 4 atom stereocenters. The number of hydrogen-bond acceptors (Lipinski definition) is 6. The van der Waals surface area contributed by atoms with Gasteiger partial charge in [0.25, 0.3) is 0 Å². The molecule has 1 fully saturated rings. The minimum Gasteiger partial charge on any atom is -0.465 e. The summed E-state index contributed by atoms with van der Waals surface area (Å²) >= 11 is 6.25. The number of carbonyl (C=O) groups excluding carboxylic acids is 3. The molecule has 2 amide bonds. The summed E-state index contributed by atoms with van der Waals surface area (Å²) in [6.45, 7) is 8.01. The van der Waals surface area contributed by atoms with Crippen molar-refractivity contribution in [2.24, 2.45) is 5.41 Å². The number of anilines is 2. The first-order chi connectivity index (χ1) is 19.4. The molecule has 0 saturated carbocycles. The molecule has 0 aliphatic carbocycles. The third-order valence-corrected chi connectivity index (χ3v) is 8.08. The number of methoxy groups -OCH3 is 1. The number of rotatable bonds is 5. The largest absolute Gasteiger partial charge is 0.465 e. The Morgan fingerprint density at radius 1 is 1.17 bits per heavy atom. The van der Waals surface area contributed by atoms with Gasteiger partial charge >= 0.3 is 5.97 Å². The van der Waals surface area contributed by atoms with Gasteiger partial charge in [-0.05, 0) is 66.3 Å². The molecule has 0 bridgehead atoms. The van der Waals surface area contributed by atoms with Crippen molar-refractivity contribution in [1.29, 1.82) is 0 Å². The van der Waals surface area contributed by atoms with Crippen molar-refractivity contribution in [3.63, 3.8) is 0 Å². The van der Waals surface area contributed by atoms with Crippen molar-refractivity contribution >= 4 is 40.8 Å². The van der Waals surface area contributed by atoms with E-state index in [2.05, 4.69) is 16.0 Å². The molecule has 0 radical (unpaired) electrons. The fourth-order valence-electron chi connectivity index (χ4n) is 6.14. The Kier molecular flexibility index (Phi) is 7.38. The Hall–Kier alpha value is -3.82. The lowest BCUT2D eigenvalue weighted by molar-refractivity contribution is -0.122. The second-order valence-electron chi connectivity index (χ2n) is 11.9. The maximum absolute atomic E-state index is 15.9. The van der Waals surface area contributed by atoms with Gasteiger partial charge in [0, 0.05) is 23.8 Å². The molecule has 2 aliphatic rings. The number of benzene rings is 2. The topological polar surface area (TPSA) is 109 Å². The Morgan fingerprint density at radius 2 is 1.88 bits per heavy atom. The first kappa shape index (κ1) is 28.7. The van der Waals surface area contributed by atoms with Crippen molar-refractivity contribution < 1.29 is 23.5 Å². The molecule has 3 aromatic rings. The van der Waals surface area contributed by atoms with Crippen LogP contribution in [0.3, 0.4) is 0 Å². The van der Waals surface area contributed by atoms with E-state index in [9.17, 15) is 14.4 Å². The van der Waals surface area contributed by atoms with E-state index in [1.54, 1.807) is 30.5 Å². The number of esters is 1. The second-order valence-corrected chi connectivity index (χ2v) is 12.3. The van der Waals surface area contributed by atoms with E-state index in [0.29, 0.717) is 29.1 Å². The minimum absolute atomic E-state index is 0.107. The summed E-state index contributed by atoms with van der Waals surface area (Å²) in [6, 6.07) is 11.1. The van der Waals surface area contributed by atoms with Crippen LogP contribution in [0.25, 0.3) is 0 Å². The van der Waals surface area contributed by atoms with Crippen LogP contribution in [0.4, 0.5) is 15.8 Å². The van der Waals surface area contributed by atoms with Crippen LogP contribution in [0, 0.1) is 18.2 Å². The second kappa shape index (κ2) is 10.5. The van der Waals surface area contributed by atoms with E-state index in [0.717, 1.165) is 5.56 Å². The Labute approximate surface area is 243 Å². The number of amides is 2. The lowest BCUT2D eigenvalue weighted by Gasteiger charge is -2.37. The summed E-state index contributed by atoms with van der Waals surface area (Å²) in [5.41, 5.74) is 1.10. The van der Waals surface area contributed by atoms with Gasteiger partial charge in [0.1, 0.15) is 11.2 Å². The molecule has 8 nitrogen and oxygen atoms in total. The van der Waals surface area contributed by atoms with Crippen molar-refractivity contribution in [1.82, 2.24) is 10.3 Å². The van der Waals surface area contributed by atoms with Gasteiger partial charge in [-0.1, -0.05) is 44.5 Å². The van der Waals surface area contributed by atoms with E-state index in [4.69, 9.17) is 21.3 Å². The Bertz CT molecular complexity index is 1540. The summed E-state index contributed by atoms with van der Waals surface area (Å²) in [4.78, 5) is 44.8. The van der Waals surface area contributed by atoms with Crippen LogP contribution >= 0.6 is 11.6 Å². The fraction of sp³-hybridized carbons (Fsp3) is 0.355. The number of hydrogen-bond donors (Lipinski definition) is 3. The summed E-state index contributed by atoms with van der Waals surface area (Å²) in [5.74, 6) is -3.00. The predicted octanol–water partition coefficient (Wildman–Crippen LogP) is 5.36. The predicted molar refractivity (Wildman–Crippen MR) is 155 cm³/mol. The van der Waals surface area contributed by atoms with Crippen LogP contribution in [0.15, 0.2) is 54.7 Å². The van der Waals surface area contributed by atoms with Gasteiger partial charge in [-0.3, -0.25) is 14.6 Å². The zero-order chi connectivity index (χ0) is 29.7. The summed E-state index contributed by atoms with van der Waals surface area (Å²) in [7, 11) is 1.29. The number of nitrogens with one attached hydrogen (secondary N) is 3. The number of carbonyl (C=O) groups is 3. The molecule has 3 heterocycles. The van der Waals surface area contributed by atoms with E-state index < -0.39 is 41.1 Å². The average Bonchev–Trinajstić information content (AvgIpc) is 3.39. The van der Waals surface area contributed by atoms with Crippen LogP contribution in [-0.4, -0.2) is 42.0 Å². The molecule has 1 spiro atoms. The molecule has 214 valence electrons. The highest BCUT2D eigenvalue weighted by molar-refractivity contribution is 6.30. The molecule has 1 aromatic heterocycles. The zero-order valence-electron chi connectivity index (χ0n) is 23.5. The zero-order valence-corrected chi connectivity index (χ0v) is 24.2. The number of aromatic nitrogens is 1. The first-order valence-corrected chi connectivity index (χ1v) is 13.7. The van der Waals surface area contributed by atoms with Gasteiger partial charge in [-0.2, -0.15) is 0 Å². The number of fused-ring (bicyclic) bond motifs is 2. The van der Waals surface area contributed by atoms with Gasteiger partial charge in [0.05, 0.1) is 35.1 Å². The van der Waals surface area contributed by atoms with Crippen LogP contribution < -0.4 is 16.0 Å². The number of ether oxygens (including phenoxy) is 1. The summed E-state index contributed by atoms with van der Waals surface area (Å²) < 4.78 is 20.6. The first-order valence-electron chi connectivity index (χ1n) is 13.3. The van der Waals surface area contributed by atoms with Crippen LogP contribution in [-0.2, 0) is 19.7 Å². The van der Waals surface area contributed by atoms with E-state index in [1.807, 2.05) is 33.8 Å². The Balaban J connectivity index is 1.66. The van der Waals surface area contributed by atoms with Crippen molar-refractivity contribution in [3.8, 4) is 0 Å². The molecule has 41 heavy (non-hydrogen) atoms. The van der Waals surface area contributed by atoms with E-state index in [-0.39, 0.29) is 21.9 Å². The third-order valence-electron chi connectivity index (χ3n) is 7.78. The number of pyridine rings is 1. The highest BCUT2D eigenvalue weighted by Crippen LogP contribution is 2.56. The standard InChI is InChI=1S/C31H32ClFN4O4/c1-16-13-21-26(34-15-16)31(29(40)36-21)22(14-30(2,3)4)37-25(23(31)19-7-6-8-20(32)24(19)33)27(38)35-18-11-9-17(10-12-18)28(39)41-5/h6-13,15,22-23,25,37H,14H2,1-5H3,(H,35,38)(H,36,40)/t22-,23-,25+,31+/m0/s1. The lowest BCUT2D eigenvalue weighted by Crippen LogP contribution is -2.50. The minimum atomic E-state index is -1.40. The SMILES string of the molecule is COC(=O)c1ccc(NC(=O)[C@@H]2N[C@@H](CC(C)(C)C)[C@@]3(C(=O)Nc4cc(C)cnc43)[C@H]2c2cccc(Cl)c2F)cc1. The molecule has 2 aliphatic heterocycles.